The minimum absolute atomic E-state index is 0.125. The van der Waals surface area contributed by atoms with Gasteiger partial charge in [0.05, 0.1) is 12.1 Å². The van der Waals surface area contributed by atoms with E-state index in [0.717, 1.165) is 18.9 Å². The average Bonchev–Trinajstić information content (AvgIpc) is 3.36. The summed E-state index contributed by atoms with van der Waals surface area (Å²) in [6, 6.07) is 12.1. The molecule has 1 heterocycles. The fourth-order valence-electron chi connectivity index (χ4n) is 5.10. The van der Waals surface area contributed by atoms with Crippen LogP contribution in [-0.2, 0) is 16.8 Å². The van der Waals surface area contributed by atoms with E-state index in [2.05, 4.69) is 54.1 Å². The molecule has 2 fully saturated rings. The minimum atomic E-state index is -0.935. The molecule has 1 saturated heterocycles. The van der Waals surface area contributed by atoms with Crippen LogP contribution in [0.1, 0.15) is 56.2 Å². The zero-order chi connectivity index (χ0) is 23.8. The Hall–Kier alpha value is -2.35. The Morgan fingerprint density at radius 3 is 2.42 bits per heavy atom. The van der Waals surface area contributed by atoms with Crippen molar-refractivity contribution in [2.45, 2.75) is 75.7 Å². The fraction of sp³-hybridized carbons (Fsp3) is 0.500. The molecule has 2 aromatic carbocycles. The van der Waals surface area contributed by atoms with E-state index < -0.39 is 23.8 Å². The van der Waals surface area contributed by atoms with Gasteiger partial charge in [-0.2, -0.15) is 0 Å². The first-order valence-corrected chi connectivity index (χ1v) is 11.7. The van der Waals surface area contributed by atoms with Gasteiger partial charge < -0.3 is 21.1 Å². The SMILES string of the molecule is CC(=O)NC(Cc1cc(F)cc(F)c1)C(O)CNC1(c2cccc(C(C)C)c2)CC2NC2C1. The molecule has 33 heavy (non-hydrogen) atoms. The molecule has 0 bridgehead atoms. The molecule has 5 nitrogen and oxygen atoms in total. The van der Waals surface area contributed by atoms with Crippen molar-refractivity contribution in [2.75, 3.05) is 6.54 Å². The Balaban J connectivity index is 1.51. The lowest BCUT2D eigenvalue weighted by molar-refractivity contribution is -0.120. The number of aliphatic hydroxyl groups is 1. The number of rotatable bonds is 9. The fourth-order valence-corrected chi connectivity index (χ4v) is 5.10. The quantitative estimate of drug-likeness (QED) is 0.436. The molecule has 2 aliphatic rings. The maximum Gasteiger partial charge on any atom is 0.217 e. The number of amides is 1. The van der Waals surface area contributed by atoms with Crippen LogP contribution in [0.25, 0.3) is 0 Å². The van der Waals surface area contributed by atoms with E-state index in [0.29, 0.717) is 23.6 Å². The smallest absolute Gasteiger partial charge is 0.217 e. The Morgan fingerprint density at radius 2 is 1.82 bits per heavy atom. The number of aliphatic hydroxyl groups excluding tert-OH is 1. The van der Waals surface area contributed by atoms with Crippen molar-refractivity contribution in [2.24, 2.45) is 0 Å². The predicted molar refractivity (Wildman–Crippen MR) is 124 cm³/mol. The van der Waals surface area contributed by atoms with Gasteiger partial charge in [0.25, 0.3) is 0 Å². The first kappa shape index (κ1) is 23.8. The third kappa shape index (κ3) is 5.60. The summed E-state index contributed by atoms with van der Waals surface area (Å²) in [5, 5.41) is 20.9. The van der Waals surface area contributed by atoms with Crippen LogP contribution in [-0.4, -0.2) is 41.8 Å². The van der Waals surface area contributed by atoms with Crippen LogP contribution in [0.4, 0.5) is 8.78 Å². The van der Waals surface area contributed by atoms with Gasteiger partial charge in [-0.25, -0.2) is 8.78 Å². The Kier molecular flexibility index (Phi) is 6.84. The minimum Gasteiger partial charge on any atom is -0.390 e. The molecular weight excluding hydrogens is 424 g/mol. The van der Waals surface area contributed by atoms with Gasteiger partial charge in [-0.05, 0) is 54.0 Å². The van der Waals surface area contributed by atoms with E-state index in [1.54, 1.807) is 0 Å². The highest BCUT2D eigenvalue weighted by Crippen LogP contribution is 2.45. The van der Waals surface area contributed by atoms with Gasteiger partial charge in [0.2, 0.25) is 5.91 Å². The van der Waals surface area contributed by atoms with Gasteiger partial charge >= 0.3 is 0 Å². The molecule has 1 aliphatic heterocycles. The largest absolute Gasteiger partial charge is 0.390 e. The van der Waals surface area contributed by atoms with Crippen LogP contribution < -0.4 is 16.0 Å². The topological polar surface area (TPSA) is 83.3 Å². The van der Waals surface area contributed by atoms with Gasteiger partial charge in [-0.3, -0.25) is 4.79 Å². The summed E-state index contributed by atoms with van der Waals surface area (Å²) in [6.45, 7) is 5.95. The van der Waals surface area contributed by atoms with Crippen LogP contribution in [0.15, 0.2) is 42.5 Å². The molecular formula is C26H33F2N3O2. The number of piperidine rings is 1. The summed E-state index contributed by atoms with van der Waals surface area (Å²) >= 11 is 0. The first-order chi connectivity index (χ1) is 15.6. The monoisotopic (exact) mass is 457 g/mol. The number of fused-ring (bicyclic) bond motifs is 1. The number of nitrogens with one attached hydrogen (secondary N) is 3. The van der Waals surface area contributed by atoms with E-state index >= 15 is 0 Å². The highest BCUT2D eigenvalue weighted by atomic mass is 19.1. The van der Waals surface area contributed by atoms with Gasteiger partial charge in [-0.15, -0.1) is 0 Å². The molecule has 2 aromatic rings. The highest BCUT2D eigenvalue weighted by Gasteiger charge is 2.54. The Bertz CT molecular complexity index is 983. The van der Waals surface area contributed by atoms with Crippen molar-refractivity contribution in [3.05, 3.63) is 70.8 Å². The van der Waals surface area contributed by atoms with Crippen molar-refractivity contribution in [1.29, 1.82) is 0 Å². The van der Waals surface area contributed by atoms with Gasteiger partial charge in [-0.1, -0.05) is 38.1 Å². The first-order valence-electron chi connectivity index (χ1n) is 11.7. The molecule has 4 atom stereocenters. The number of hydrogen-bond donors (Lipinski definition) is 4. The zero-order valence-corrected chi connectivity index (χ0v) is 19.4. The van der Waals surface area contributed by atoms with Gasteiger partial charge in [0.1, 0.15) is 11.6 Å². The van der Waals surface area contributed by atoms with E-state index in [1.165, 1.54) is 30.2 Å². The lowest BCUT2D eigenvalue weighted by Gasteiger charge is -2.35. The maximum atomic E-state index is 13.7. The molecule has 4 unspecified atom stereocenters. The van der Waals surface area contributed by atoms with Crippen molar-refractivity contribution in [3.8, 4) is 0 Å². The van der Waals surface area contributed by atoms with E-state index in [-0.39, 0.29) is 24.4 Å². The number of benzene rings is 2. The van der Waals surface area contributed by atoms with E-state index in [4.69, 9.17) is 0 Å². The van der Waals surface area contributed by atoms with Crippen molar-refractivity contribution in [3.63, 3.8) is 0 Å². The number of hydrogen-bond acceptors (Lipinski definition) is 4. The molecule has 0 aromatic heterocycles. The third-order valence-electron chi connectivity index (χ3n) is 6.93. The lowest BCUT2D eigenvalue weighted by Crippen LogP contribution is -2.52. The van der Waals surface area contributed by atoms with Crippen LogP contribution >= 0.6 is 0 Å². The van der Waals surface area contributed by atoms with Crippen molar-refractivity contribution >= 4 is 5.91 Å². The second kappa shape index (κ2) is 9.49. The molecule has 0 spiro atoms. The molecule has 4 N–H and O–H groups in total. The summed E-state index contributed by atoms with van der Waals surface area (Å²) in [5.74, 6) is -1.25. The highest BCUT2D eigenvalue weighted by molar-refractivity contribution is 5.73. The zero-order valence-electron chi connectivity index (χ0n) is 19.4. The van der Waals surface area contributed by atoms with Crippen LogP contribution in [0.5, 0.6) is 0 Å². The van der Waals surface area contributed by atoms with Crippen molar-refractivity contribution < 1.29 is 18.7 Å². The molecule has 0 radical (unpaired) electrons. The molecule has 1 aliphatic carbocycles. The van der Waals surface area contributed by atoms with Crippen LogP contribution in [0, 0.1) is 11.6 Å². The molecule has 4 rings (SSSR count). The molecule has 1 amide bonds. The number of carbonyl (C=O) groups excluding carboxylic acids is 1. The average molecular weight is 458 g/mol. The maximum absolute atomic E-state index is 13.7. The number of carbonyl (C=O) groups is 1. The van der Waals surface area contributed by atoms with E-state index in [1.807, 2.05) is 0 Å². The summed E-state index contributed by atoms with van der Waals surface area (Å²) in [6.07, 6.45) is 1.03. The second-order valence-electron chi connectivity index (χ2n) is 9.89. The normalized spacial score (nSPS) is 25.5. The van der Waals surface area contributed by atoms with Crippen molar-refractivity contribution in [1.82, 2.24) is 16.0 Å². The molecule has 7 heteroatoms. The van der Waals surface area contributed by atoms with Crippen LogP contribution in [0.3, 0.4) is 0 Å². The summed E-state index contributed by atoms with van der Waals surface area (Å²) in [4.78, 5) is 11.8. The Morgan fingerprint density at radius 1 is 1.15 bits per heavy atom. The predicted octanol–water partition coefficient (Wildman–Crippen LogP) is 3.12. The van der Waals surface area contributed by atoms with Gasteiger partial charge in [0, 0.05) is 37.2 Å². The lowest BCUT2D eigenvalue weighted by atomic mass is 9.84. The summed E-state index contributed by atoms with van der Waals surface area (Å²) < 4.78 is 27.3. The van der Waals surface area contributed by atoms with E-state index in [9.17, 15) is 18.7 Å². The summed E-state index contributed by atoms with van der Waals surface area (Å²) in [5.41, 5.74) is 2.60. The standard InChI is InChI=1S/C26H33F2N3O2/c1-15(2)18-5-4-6-19(10-18)26(12-23-24(13-26)31-23)29-14-25(33)22(30-16(3)32)9-17-7-20(27)11-21(28)8-17/h4-8,10-11,15,22-25,29,31,33H,9,12-14H2,1-3H3,(H,30,32). The molecule has 178 valence electrons. The van der Waals surface area contributed by atoms with Crippen LogP contribution in [0.2, 0.25) is 0 Å². The third-order valence-corrected chi connectivity index (χ3v) is 6.93. The number of halogens is 2. The molecule has 1 saturated carbocycles. The van der Waals surface area contributed by atoms with Gasteiger partial charge in [0.15, 0.2) is 0 Å². The second-order valence-corrected chi connectivity index (χ2v) is 9.89. The Labute approximate surface area is 194 Å². The summed E-state index contributed by atoms with van der Waals surface area (Å²) in [7, 11) is 0.